The van der Waals surface area contributed by atoms with Crippen LogP contribution in [-0.2, 0) is 14.8 Å². The maximum absolute atomic E-state index is 13.0. The summed E-state index contributed by atoms with van der Waals surface area (Å²) in [5, 5.41) is 3.59. The lowest BCUT2D eigenvalue weighted by molar-refractivity contribution is -0.123. The minimum absolute atomic E-state index is 0.120. The number of amides is 1. The third-order valence-electron chi connectivity index (χ3n) is 5.19. The van der Waals surface area contributed by atoms with Crippen LogP contribution in [0.25, 0.3) is 0 Å². The van der Waals surface area contributed by atoms with Crippen LogP contribution >= 0.6 is 11.6 Å². The molecule has 1 saturated carbocycles. The topological polar surface area (TPSA) is 66.5 Å². The Morgan fingerprint density at radius 3 is 2.33 bits per heavy atom. The van der Waals surface area contributed by atoms with Crippen molar-refractivity contribution in [2.45, 2.75) is 77.3 Å². The number of nitrogens with one attached hydrogen (secondary N) is 1. The van der Waals surface area contributed by atoms with Gasteiger partial charge in [-0.1, -0.05) is 56.7 Å². The molecular weight excluding hydrogens is 384 g/mol. The summed E-state index contributed by atoms with van der Waals surface area (Å²) in [6, 6.07) is 4.42. The van der Waals surface area contributed by atoms with Crippen molar-refractivity contribution in [3.8, 4) is 0 Å². The van der Waals surface area contributed by atoms with Crippen LogP contribution in [0.5, 0.6) is 0 Å². The van der Waals surface area contributed by atoms with E-state index in [2.05, 4.69) is 5.32 Å². The summed E-state index contributed by atoms with van der Waals surface area (Å²) in [5.41, 5.74) is 1.29. The van der Waals surface area contributed by atoms with Gasteiger partial charge in [0.2, 0.25) is 15.9 Å². The molecule has 1 amide bonds. The SMILES string of the molecule is CC[C@@H](C(=O)NC1CCCCCCC1)N(c1ccc(C)c(Cl)c1)S(C)(=O)=O. The average molecular weight is 415 g/mol. The molecule has 0 saturated heterocycles. The molecule has 0 aliphatic heterocycles. The number of halogens is 1. The van der Waals surface area contributed by atoms with Crippen LogP contribution in [0.4, 0.5) is 5.69 Å². The van der Waals surface area contributed by atoms with Gasteiger partial charge in [0.1, 0.15) is 6.04 Å². The van der Waals surface area contributed by atoms with Crippen LogP contribution in [-0.4, -0.2) is 32.7 Å². The molecule has 1 aliphatic rings. The van der Waals surface area contributed by atoms with Crippen LogP contribution in [0, 0.1) is 6.92 Å². The molecule has 0 aromatic heterocycles. The Balaban J connectivity index is 2.25. The van der Waals surface area contributed by atoms with E-state index in [4.69, 9.17) is 11.6 Å². The third-order valence-corrected chi connectivity index (χ3v) is 6.78. The highest BCUT2D eigenvalue weighted by atomic mass is 35.5. The number of hydrogen-bond donors (Lipinski definition) is 1. The number of hydrogen-bond acceptors (Lipinski definition) is 3. The zero-order valence-electron chi connectivity index (χ0n) is 16.5. The van der Waals surface area contributed by atoms with Crippen LogP contribution in [0.15, 0.2) is 18.2 Å². The minimum Gasteiger partial charge on any atom is -0.352 e. The number of carbonyl (C=O) groups is 1. The van der Waals surface area contributed by atoms with Gasteiger partial charge in [0.05, 0.1) is 11.9 Å². The number of nitrogens with zero attached hydrogens (tertiary/aromatic N) is 1. The summed E-state index contributed by atoms with van der Waals surface area (Å²) < 4.78 is 26.3. The molecular formula is C20H31ClN2O3S. The highest BCUT2D eigenvalue weighted by molar-refractivity contribution is 7.92. The normalized spacial score (nSPS) is 17.6. The van der Waals surface area contributed by atoms with Crippen molar-refractivity contribution in [1.29, 1.82) is 0 Å². The first-order valence-corrected chi connectivity index (χ1v) is 12.0. The molecule has 2 rings (SSSR count). The molecule has 1 atom stereocenters. The van der Waals surface area contributed by atoms with Gasteiger partial charge in [0.15, 0.2) is 0 Å². The third kappa shape index (κ3) is 6.11. The van der Waals surface area contributed by atoms with E-state index in [1.54, 1.807) is 18.2 Å². The van der Waals surface area contributed by atoms with Gasteiger partial charge in [-0.05, 0) is 43.9 Å². The quantitative estimate of drug-likeness (QED) is 0.749. The second-order valence-electron chi connectivity index (χ2n) is 7.47. The molecule has 1 N–H and O–H groups in total. The van der Waals surface area contributed by atoms with Crippen LogP contribution < -0.4 is 9.62 Å². The van der Waals surface area contributed by atoms with E-state index in [-0.39, 0.29) is 11.9 Å². The van der Waals surface area contributed by atoms with Crippen molar-refractivity contribution in [1.82, 2.24) is 5.32 Å². The van der Waals surface area contributed by atoms with Gasteiger partial charge in [-0.15, -0.1) is 0 Å². The maximum Gasteiger partial charge on any atom is 0.244 e. The van der Waals surface area contributed by atoms with Crippen molar-refractivity contribution in [2.24, 2.45) is 0 Å². The van der Waals surface area contributed by atoms with Gasteiger partial charge in [-0.3, -0.25) is 9.10 Å². The molecule has 27 heavy (non-hydrogen) atoms. The first kappa shape index (κ1) is 22.0. The molecule has 1 aromatic rings. The van der Waals surface area contributed by atoms with E-state index in [0.717, 1.165) is 37.5 Å². The van der Waals surface area contributed by atoms with Gasteiger partial charge in [-0.2, -0.15) is 0 Å². The molecule has 0 radical (unpaired) electrons. The Bertz CT molecular complexity index is 744. The molecule has 1 aliphatic carbocycles. The fraction of sp³-hybridized carbons (Fsp3) is 0.650. The molecule has 5 nitrogen and oxygen atoms in total. The standard InChI is InChI=1S/C20H31ClN2O3S/c1-4-19(20(24)22-16-10-8-6-5-7-9-11-16)23(27(3,25)26)17-13-12-15(2)18(21)14-17/h12-14,16,19H,4-11H2,1-3H3,(H,22,24)/t19-/m0/s1. The second kappa shape index (κ2) is 9.78. The van der Waals surface area contributed by atoms with Crippen molar-refractivity contribution in [3.05, 3.63) is 28.8 Å². The number of anilines is 1. The van der Waals surface area contributed by atoms with E-state index in [0.29, 0.717) is 17.1 Å². The smallest absolute Gasteiger partial charge is 0.244 e. The number of sulfonamides is 1. The maximum atomic E-state index is 13.0. The van der Waals surface area contributed by atoms with E-state index in [9.17, 15) is 13.2 Å². The highest BCUT2D eigenvalue weighted by Gasteiger charge is 2.32. The van der Waals surface area contributed by atoms with Crippen molar-refractivity contribution in [3.63, 3.8) is 0 Å². The Labute approximate surface area is 168 Å². The summed E-state index contributed by atoms with van der Waals surface area (Å²) in [6.07, 6.45) is 9.28. The van der Waals surface area contributed by atoms with Gasteiger partial charge < -0.3 is 5.32 Å². The Hall–Kier alpha value is -1.27. The first-order chi connectivity index (χ1) is 12.7. The van der Waals surface area contributed by atoms with E-state index >= 15 is 0 Å². The van der Waals surface area contributed by atoms with Gasteiger partial charge >= 0.3 is 0 Å². The fourth-order valence-electron chi connectivity index (χ4n) is 3.68. The van der Waals surface area contributed by atoms with Gasteiger partial charge in [-0.25, -0.2) is 8.42 Å². The van der Waals surface area contributed by atoms with Crippen molar-refractivity contribution in [2.75, 3.05) is 10.6 Å². The molecule has 0 unspecified atom stereocenters. The number of aryl methyl sites for hydroxylation is 1. The molecule has 152 valence electrons. The van der Waals surface area contributed by atoms with E-state index in [1.807, 2.05) is 13.8 Å². The van der Waals surface area contributed by atoms with Crippen LogP contribution in [0.1, 0.15) is 63.9 Å². The van der Waals surface area contributed by atoms with Crippen molar-refractivity contribution >= 4 is 33.2 Å². The zero-order valence-corrected chi connectivity index (χ0v) is 18.1. The van der Waals surface area contributed by atoms with Crippen LogP contribution in [0.3, 0.4) is 0 Å². The number of benzene rings is 1. The van der Waals surface area contributed by atoms with E-state index < -0.39 is 16.1 Å². The Kier molecular flexibility index (Phi) is 7.98. The van der Waals surface area contributed by atoms with E-state index in [1.165, 1.54) is 23.6 Å². The molecule has 1 aromatic carbocycles. The lowest BCUT2D eigenvalue weighted by atomic mass is 9.96. The largest absolute Gasteiger partial charge is 0.352 e. The predicted molar refractivity (Wildman–Crippen MR) is 112 cm³/mol. The molecule has 7 heteroatoms. The van der Waals surface area contributed by atoms with Gasteiger partial charge in [0, 0.05) is 11.1 Å². The summed E-state index contributed by atoms with van der Waals surface area (Å²) in [4.78, 5) is 13.0. The van der Waals surface area contributed by atoms with Gasteiger partial charge in [0.25, 0.3) is 0 Å². The summed E-state index contributed by atoms with van der Waals surface area (Å²) in [5.74, 6) is -0.231. The Morgan fingerprint density at radius 1 is 1.22 bits per heavy atom. The Morgan fingerprint density at radius 2 is 1.81 bits per heavy atom. The highest BCUT2D eigenvalue weighted by Crippen LogP contribution is 2.28. The minimum atomic E-state index is -3.64. The number of rotatable bonds is 6. The molecule has 0 bridgehead atoms. The van der Waals surface area contributed by atoms with Crippen molar-refractivity contribution < 1.29 is 13.2 Å². The molecule has 0 spiro atoms. The second-order valence-corrected chi connectivity index (χ2v) is 9.73. The monoisotopic (exact) mass is 414 g/mol. The summed E-state index contributed by atoms with van der Waals surface area (Å²) >= 11 is 6.20. The molecule has 0 heterocycles. The molecule has 1 fully saturated rings. The predicted octanol–water partition coefficient (Wildman–Crippen LogP) is 4.42. The summed E-state index contributed by atoms with van der Waals surface area (Å²) in [6.45, 7) is 3.69. The average Bonchev–Trinajstić information content (AvgIpc) is 2.56. The van der Waals surface area contributed by atoms with Crippen LogP contribution in [0.2, 0.25) is 5.02 Å². The number of carbonyl (C=O) groups excluding carboxylic acids is 1. The summed E-state index contributed by atoms with van der Waals surface area (Å²) in [7, 11) is -3.64. The first-order valence-electron chi connectivity index (χ1n) is 9.80. The lowest BCUT2D eigenvalue weighted by Crippen LogP contribution is -2.51. The lowest BCUT2D eigenvalue weighted by Gasteiger charge is -2.32. The zero-order chi connectivity index (χ0) is 20.0. The fourth-order valence-corrected chi connectivity index (χ4v) is 5.06.